The van der Waals surface area contributed by atoms with E-state index in [1.807, 2.05) is 0 Å². The van der Waals surface area contributed by atoms with E-state index in [-0.39, 0.29) is 0 Å². The van der Waals surface area contributed by atoms with Crippen molar-refractivity contribution in [2.75, 3.05) is 0 Å². The SMILES string of the molecule is Bc1ccc2c(c1)[C@H](N)CC2. The molecule has 0 heterocycles. The first-order valence-electron chi connectivity index (χ1n) is 4.12. The Morgan fingerprint density at radius 1 is 1.45 bits per heavy atom. The normalized spacial score (nSPS) is 21.7. The van der Waals surface area contributed by atoms with Gasteiger partial charge in [-0.1, -0.05) is 23.7 Å². The monoisotopic (exact) mass is 145 g/mol. The Kier molecular flexibility index (Phi) is 1.50. The molecule has 11 heavy (non-hydrogen) atoms. The van der Waals surface area contributed by atoms with E-state index in [2.05, 4.69) is 26.0 Å². The Bertz CT molecular complexity index is 283. The second-order valence-electron chi connectivity index (χ2n) is 3.35. The predicted octanol–water partition coefficient (Wildman–Crippen LogP) is -0.109. The molecule has 0 unspecified atom stereocenters. The summed E-state index contributed by atoms with van der Waals surface area (Å²) in [5.41, 5.74) is 10.0. The van der Waals surface area contributed by atoms with Crippen molar-refractivity contribution in [2.24, 2.45) is 5.73 Å². The Hall–Kier alpha value is -0.755. The number of hydrogen-bond acceptors (Lipinski definition) is 1. The van der Waals surface area contributed by atoms with Crippen LogP contribution in [0.25, 0.3) is 0 Å². The molecule has 0 bridgehead atoms. The Labute approximate surface area is 68.0 Å². The van der Waals surface area contributed by atoms with Gasteiger partial charge < -0.3 is 5.73 Å². The predicted molar refractivity (Wildman–Crippen MR) is 49.9 cm³/mol. The summed E-state index contributed by atoms with van der Waals surface area (Å²) >= 11 is 0. The Balaban J connectivity index is 2.52. The minimum absolute atomic E-state index is 0.296. The third-order valence-electron chi connectivity index (χ3n) is 2.43. The standard InChI is InChI=1S/C9H12BN/c10-7-3-1-6-2-4-9(11)8(6)5-7/h1,3,5,9H,2,4,10-11H2/t9-/m1/s1. The molecule has 0 radical (unpaired) electrons. The highest BCUT2D eigenvalue weighted by molar-refractivity contribution is 6.32. The van der Waals surface area contributed by atoms with Crippen LogP contribution in [-0.4, -0.2) is 7.85 Å². The first kappa shape index (κ1) is 6.92. The molecule has 1 aromatic rings. The summed E-state index contributed by atoms with van der Waals surface area (Å²) in [6, 6.07) is 6.88. The number of hydrogen-bond donors (Lipinski definition) is 1. The third kappa shape index (κ3) is 1.08. The van der Waals surface area contributed by atoms with Crippen molar-refractivity contribution < 1.29 is 0 Å². The molecule has 1 aliphatic carbocycles. The van der Waals surface area contributed by atoms with E-state index in [1.54, 1.807) is 0 Å². The molecule has 0 saturated heterocycles. The fraction of sp³-hybridized carbons (Fsp3) is 0.333. The van der Waals surface area contributed by atoms with Gasteiger partial charge in [0, 0.05) is 6.04 Å². The minimum atomic E-state index is 0.296. The second kappa shape index (κ2) is 2.38. The molecular formula is C9H12BN. The lowest BCUT2D eigenvalue weighted by atomic mass is 9.92. The van der Waals surface area contributed by atoms with Gasteiger partial charge >= 0.3 is 0 Å². The number of fused-ring (bicyclic) bond motifs is 1. The largest absolute Gasteiger partial charge is 0.324 e. The zero-order valence-electron chi connectivity index (χ0n) is 6.80. The lowest BCUT2D eigenvalue weighted by Crippen LogP contribution is -2.09. The molecule has 1 nitrogen and oxygen atoms in total. The summed E-state index contributed by atoms with van der Waals surface area (Å²) in [6.07, 6.45) is 2.29. The maximum Gasteiger partial charge on any atom is 0.139 e. The lowest BCUT2D eigenvalue weighted by Gasteiger charge is -2.04. The molecule has 0 aromatic heterocycles. The third-order valence-corrected chi connectivity index (χ3v) is 2.43. The van der Waals surface area contributed by atoms with Crippen molar-refractivity contribution >= 4 is 13.3 Å². The molecule has 0 aliphatic heterocycles. The van der Waals surface area contributed by atoms with E-state index in [0.717, 1.165) is 12.8 Å². The first-order chi connectivity index (χ1) is 5.27. The molecule has 0 saturated carbocycles. The summed E-state index contributed by atoms with van der Waals surface area (Å²) in [5.74, 6) is 0. The topological polar surface area (TPSA) is 26.0 Å². The van der Waals surface area contributed by atoms with Gasteiger partial charge in [-0.3, -0.25) is 0 Å². The van der Waals surface area contributed by atoms with Crippen molar-refractivity contribution in [2.45, 2.75) is 18.9 Å². The summed E-state index contributed by atoms with van der Waals surface area (Å²) < 4.78 is 0. The average Bonchev–Trinajstić information content (AvgIpc) is 2.33. The fourth-order valence-electron chi connectivity index (χ4n) is 1.75. The van der Waals surface area contributed by atoms with E-state index in [1.165, 1.54) is 16.6 Å². The van der Waals surface area contributed by atoms with Crippen molar-refractivity contribution in [3.8, 4) is 0 Å². The quantitative estimate of drug-likeness (QED) is 0.506. The van der Waals surface area contributed by atoms with Gasteiger partial charge in [0.25, 0.3) is 0 Å². The maximum atomic E-state index is 5.92. The van der Waals surface area contributed by atoms with Crippen LogP contribution in [-0.2, 0) is 6.42 Å². The summed E-state index contributed by atoms with van der Waals surface area (Å²) in [5, 5.41) is 0. The van der Waals surface area contributed by atoms with Crippen LogP contribution in [0.3, 0.4) is 0 Å². The van der Waals surface area contributed by atoms with Crippen molar-refractivity contribution in [3.63, 3.8) is 0 Å². The second-order valence-corrected chi connectivity index (χ2v) is 3.35. The van der Waals surface area contributed by atoms with Crippen LogP contribution in [0.4, 0.5) is 0 Å². The molecule has 0 amide bonds. The number of nitrogens with two attached hydrogens (primary N) is 1. The van der Waals surface area contributed by atoms with Crippen LogP contribution in [0.15, 0.2) is 18.2 Å². The van der Waals surface area contributed by atoms with Gasteiger partial charge in [0.15, 0.2) is 0 Å². The summed E-state index contributed by atoms with van der Waals surface area (Å²) in [4.78, 5) is 0. The number of benzene rings is 1. The number of aryl methyl sites for hydroxylation is 1. The van der Waals surface area contributed by atoms with Crippen LogP contribution in [0, 0.1) is 0 Å². The van der Waals surface area contributed by atoms with Crippen molar-refractivity contribution in [3.05, 3.63) is 29.3 Å². The van der Waals surface area contributed by atoms with E-state index in [0.29, 0.717) is 6.04 Å². The zero-order valence-corrected chi connectivity index (χ0v) is 6.80. The summed E-state index contributed by atoms with van der Waals surface area (Å²) in [6.45, 7) is 0. The van der Waals surface area contributed by atoms with Crippen molar-refractivity contribution in [1.29, 1.82) is 0 Å². The van der Waals surface area contributed by atoms with Gasteiger partial charge in [-0.05, 0) is 24.0 Å². The van der Waals surface area contributed by atoms with Gasteiger partial charge in [0.05, 0.1) is 0 Å². The van der Waals surface area contributed by atoms with E-state index < -0.39 is 0 Å². The van der Waals surface area contributed by atoms with Crippen LogP contribution in [0.5, 0.6) is 0 Å². The smallest absolute Gasteiger partial charge is 0.139 e. The van der Waals surface area contributed by atoms with Crippen LogP contribution >= 0.6 is 0 Å². The van der Waals surface area contributed by atoms with Gasteiger partial charge in [0.1, 0.15) is 7.85 Å². The first-order valence-corrected chi connectivity index (χ1v) is 4.12. The minimum Gasteiger partial charge on any atom is -0.324 e. The lowest BCUT2D eigenvalue weighted by molar-refractivity contribution is 0.713. The van der Waals surface area contributed by atoms with Gasteiger partial charge in [-0.15, -0.1) is 0 Å². The molecule has 2 N–H and O–H groups in total. The van der Waals surface area contributed by atoms with Crippen LogP contribution in [0.2, 0.25) is 0 Å². The molecular weight excluding hydrogens is 133 g/mol. The zero-order chi connectivity index (χ0) is 7.84. The molecule has 2 rings (SSSR count). The molecule has 1 atom stereocenters. The van der Waals surface area contributed by atoms with E-state index >= 15 is 0 Å². The number of rotatable bonds is 0. The average molecular weight is 145 g/mol. The Morgan fingerprint density at radius 2 is 2.27 bits per heavy atom. The van der Waals surface area contributed by atoms with Gasteiger partial charge in [0.2, 0.25) is 0 Å². The molecule has 0 spiro atoms. The molecule has 0 fully saturated rings. The van der Waals surface area contributed by atoms with Gasteiger partial charge in [-0.25, -0.2) is 0 Å². The van der Waals surface area contributed by atoms with Gasteiger partial charge in [-0.2, -0.15) is 0 Å². The molecule has 1 aliphatic rings. The van der Waals surface area contributed by atoms with E-state index in [4.69, 9.17) is 5.73 Å². The van der Waals surface area contributed by atoms with Crippen LogP contribution < -0.4 is 11.2 Å². The molecule has 56 valence electrons. The maximum absolute atomic E-state index is 5.92. The highest BCUT2D eigenvalue weighted by Crippen LogP contribution is 2.27. The summed E-state index contributed by atoms with van der Waals surface area (Å²) in [7, 11) is 2.12. The fourth-order valence-corrected chi connectivity index (χ4v) is 1.75. The molecule has 1 aromatic carbocycles. The molecule has 2 heteroatoms. The van der Waals surface area contributed by atoms with Crippen LogP contribution in [0.1, 0.15) is 23.6 Å². The highest BCUT2D eigenvalue weighted by atomic mass is 14.6. The highest BCUT2D eigenvalue weighted by Gasteiger charge is 2.17. The Morgan fingerprint density at radius 3 is 3.09 bits per heavy atom. The van der Waals surface area contributed by atoms with Crippen molar-refractivity contribution in [1.82, 2.24) is 0 Å². The van der Waals surface area contributed by atoms with E-state index in [9.17, 15) is 0 Å².